The van der Waals surface area contributed by atoms with E-state index < -0.39 is 0 Å². The van der Waals surface area contributed by atoms with Gasteiger partial charge in [-0.15, -0.1) is 10.2 Å². The van der Waals surface area contributed by atoms with Crippen LogP contribution in [-0.2, 0) is 13.5 Å². The Labute approximate surface area is 90.5 Å². The van der Waals surface area contributed by atoms with E-state index >= 15 is 0 Å². The van der Waals surface area contributed by atoms with Gasteiger partial charge in [-0.3, -0.25) is 0 Å². The first-order chi connectivity index (χ1) is 7.25. The lowest BCUT2D eigenvalue weighted by atomic mass is 10.2. The van der Waals surface area contributed by atoms with Gasteiger partial charge in [0.1, 0.15) is 12.2 Å². The van der Waals surface area contributed by atoms with Crippen LogP contribution in [0.3, 0.4) is 0 Å². The van der Waals surface area contributed by atoms with Crippen molar-refractivity contribution in [3.05, 3.63) is 12.2 Å². The molecule has 1 aliphatic heterocycles. The molecule has 2 heterocycles. The van der Waals surface area contributed by atoms with Crippen LogP contribution in [0.25, 0.3) is 0 Å². The zero-order valence-electron chi connectivity index (χ0n) is 9.48. The average Bonchev–Trinajstić information content (AvgIpc) is 2.77. The molecule has 0 amide bonds. The Morgan fingerprint density at radius 1 is 1.53 bits per heavy atom. The van der Waals surface area contributed by atoms with E-state index in [1.807, 2.05) is 11.6 Å². The summed E-state index contributed by atoms with van der Waals surface area (Å²) in [4.78, 5) is 2.36. The van der Waals surface area contributed by atoms with Gasteiger partial charge in [0, 0.05) is 32.6 Å². The highest BCUT2D eigenvalue weighted by molar-refractivity contribution is 4.86. The third-order valence-electron chi connectivity index (χ3n) is 2.98. The normalized spacial score (nSPS) is 22.4. The van der Waals surface area contributed by atoms with Gasteiger partial charge in [0.2, 0.25) is 0 Å². The zero-order chi connectivity index (χ0) is 10.7. The quantitative estimate of drug-likeness (QED) is 0.736. The Morgan fingerprint density at radius 3 is 3.00 bits per heavy atom. The van der Waals surface area contributed by atoms with Crippen LogP contribution in [0, 0.1) is 0 Å². The predicted molar refractivity (Wildman–Crippen MR) is 58.6 cm³/mol. The molecule has 1 aliphatic rings. The highest BCUT2D eigenvalue weighted by atomic mass is 15.2. The smallest absolute Gasteiger partial charge is 0.133 e. The molecule has 0 bridgehead atoms. The van der Waals surface area contributed by atoms with E-state index in [2.05, 4.69) is 27.5 Å². The minimum absolute atomic E-state index is 0.656. The van der Waals surface area contributed by atoms with E-state index in [1.54, 1.807) is 6.33 Å². The van der Waals surface area contributed by atoms with Crippen molar-refractivity contribution in [2.45, 2.75) is 18.9 Å². The summed E-state index contributed by atoms with van der Waals surface area (Å²) >= 11 is 0. The zero-order valence-corrected chi connectivity index (χ0v) is 9.48. The van der Waals surface area contributed by atoms with E-state index in [0.29, 0.717) is 6.04 Å². The summed E-state index contributed by atoms with van der Waals surface area (Å²) in [5.41, 5.74) is 0. The van der Waals surface area contributed by atoms with E-state index in [0.717, 1.165) is 18.8 Å². The minimum atomic E-state index is 0.656. The third kappa shape index (κ3) is 2.76. The summed E-state index contributed by atoms with van der Waals surface area (Å²) in [6, 6.07) is 0.656. The maximum absolute atomic E-state index is 4.06. The maximum Gasteiger partial charge on any atom is 0.133 e. The fourth-order valence-electron chi connectivity index (χ4n) is 2.02. The van der Waals surface area contributed by atoms with E-state index in [1.165, 1.54) is 19.5 Å². The first-order valence-electron chi connectivity index (χ1n) is 5.50. The van der Waals surface area contributed by atoms with Crippen molar-refractivity contribution in [3.8, 4) is 0 Å². The van der Waals surface area contributed by atoms with Crippen molar-refractivity contribution in [2.75, 3.05) is 26.7 Å². The molecule has 84 valence electrons. The molecule has 0 aliphatic carbocycles. The summed E-state index contributed by atoms with van der Waals surface area (Å²) in [6.07, 6.45) is 3.96. The molecule has 1 aromatic rings. The maximum atomic E-state index is 4.06. The van der Waals surface area contributed by atoms with Crippen LogP contribution in [0.1, 0.15) is 12.2 Å². The number of rotatable bonds is 4. The number of nitrogens with zero attached hydrogens (tertiary/aromatic N) is 4. The monoisotopic (exact) mass is 209 g/mol. The van der Waals surface area contributed by atoms with Crippen molar-refractivity contribution in [3.63, 3.8) is 0 Å². The van der Waals surface area contributed by atoms with Gasteiger partial charge in [-0.1, -0.05) is 0 Å². The molecule has 5 nitrogen and oxygen atoms in total. The molecule has 1 saturated heterocycles. The first-order valence-corrected chi connectivity index (χ1v) is 5.50. The second kappa shape index (κ2) is 4.72. The summed E-state index contributed by atoms with van der Waals surface area (Å²) in [5.74, 6) is 1.05. The molecular formula is C10H19N5. The Kier molecular flexibility index (Phi) is 3.33. The van der Waals surface area contributed by atoms with E-state index in [-0.39, 0.29) is 0 Å². The van der Waals surface area contributed by atoms with Gasteiger partial charge in [0.25, 0.3) is 0 Å². The number of nitrogens with one attached hydrogen (secondary N) is 1. The van der Waals surface area contributed by atoms with Crippen LogP contribution in [0.5, 0.6) is 0 Å². The van der Waals surface area contributed by atoms with Gasteiger partial charge in [0.05, 0.1) is 0 Å². The van der Waals surface area contributed by atoms with E-state index in [9.17, 15) is 0 Å². The highest BCUT2D eigenvalue weighted by Crippen LogP contribution is 2.05. The number of aryl methyl sites for hydroxylation is 1. The first kappa shape index (κ1) is 10.6. The summed E-state index contributed by atoms with van der Waals surface area (Å²) in [5, 5.41) is 11.5. The second-order valence-electron chi connectivity index (χ2n) is 4.31. The molecule has 0 aromatic carbocycles. The molecule has 0 spiro atoms. The molecule has 5 heteroatoms. The van der Waals surface area contributed by atoms with Gasteiger partial charge in [-0.05, 0) is 20.0 Å². The predicted octanol–water partition coefficient (Wildman–Crippen LogP) is -0.349. The standard InChI is InChI=1S/C10H19N5/c1-14-6-4-9(7-14)11-5-3-10-13-12-8-15(10)2/h8-9,11H,3-7H2,1-2H3. The second-order valence-corrected chi connectivity index (χ2v) is 4.31. The third-order valence-corrected chi connectivity index (χ3v) is 2.98. The average molecular weight is 209 g/mol. The number of likely N-dealkylation sites (tertiary alicyclic amines) is 1. The molecule has 1 fully saturated rings. The van der Waals surface area contributed by atoms with Crippen molar-refractivity contribution < 1.29 is 0 Å². The van der Waals surface area contributed by atoms with E-state index in [4.69, 9.17) is 0 Å². The summed E-state index contributed by atoms with van der Waals surface area (Å²) < 4.78 is 1.97. The number of hydrogen-bond acceptors (Lipinski definition) is 4. The Balaban J connectivity index is 1.69. The Bertz CT molecular complexity index is 309. The van der Waals surface area contributed by atoms with Gasteiger partial charge >= 0.3 is 0 Å². The lowest BCUT2D eigenvalue weighted by Crippen LogP contribution is -2.33. The lowest BCUT2D eigenvalue weighted by molar-refractivity contribution is 0.398. The molecule has 1 unspecified atom stereocenters. The Morgan fingerprint density at radius 2 is 2.40 bits per heavy atom. The van der Waals surface area contributed by atoms with Crippen LogP contribution >= 0.6 is 0 Å². The highest BCUT2D eigenvalue weighted by Gasteiger charge is 2.18. The fraction of sp³-hybridized carbons (Fsp3) is 0.800. The van der Waals surface area contributed by atoms with Gasteiger partial charge in [-0.25, -0.2) is 0 Å². The molecule has 0 saturated carbocycles. The van der Waals surface area contributed by atoms with Crippen LogP contribution in [-0.4, -0.2) is 52.4 Å². The van der Waals surface area contributed by atoms with Crippen molar-refractivity contribution in [1.29, 1.82) is 0 Å². The van der Waals surface area contributed by atoms with Crippen molar-refractivity contribution in [2.24, 2.45) is 7.05 Å². The fourth-order valence-corrected chi connectivity index (χ4v) is 2.02. The lowest BCUT2D eigenvalue weighted by Gasteiger charge is -2.12. The Hall–Kier alpha value is -0.940. The summed E-state index contributed by atoms with van der Waals surface area (Å²) in [7, 11) is 4.16. The number of likely N-dealkylation sites (N-methyl/N-ethyl adjacent to an activating group) is 1. The van der Waals surface area contributed by atoms with Crippen LogP contribution in [0.2, 0.25) is 0 Å². The van der Waals surface area contributed by atoms with Crippen molar-refractivity contribution in [1.82, 2.24) is 25.0 Å². The summed E-state index contributed by atoms with van der Waals surface area (Å²) in [6.45, 7) is 3.37. The SMILES string of the molecule is CN1CCC(NCCc2nncn2C)C1. The van der Waals surface area contributed by atoms with Crippen molar-refractivity contribution >= 4 is 0 Å². The molecule has 15 heavy (non-hydrogen) atoms. The molecule has 1 aromatic heterocycles. The van der Waals surface area contributed by atoms with Crippen LogP contribution in [0.4, 0.5) is 0 Å². The van der Waals surface area contributed by atoms with Gasteiger partial charge < -0.3 is 14.8 Å². The van der Waals surface area contributed by atoms with Crippen LogP contribution in [0.15, 0.2) is 6.33 Å². The molecular weight excluding hydrogens is 190 g/mol. The topological polar surface area (TPSA) is 46.0 Å². The number of hydrogen-bond donors (Lipinski definition) is 1. The minimum Gasteiger partial charge on any atom is -0.321 e. The largest absolute Gasteiger partial charge is 0.321 e. The molecule has 2 rings (SSSR count). The molecule has 1 N–H and O–H groups in total. The molecule has 1 atom stereocenters. The van der Waals surface area contributed by atoms with Gasteiger partial charge in [0.15, 0.2) is 0 Å². The van der Waals surface area contributed by atoms with Gasteiger partial charge in [-0.2, -0.15) is 0 Å². The molecule has 0 radical (unpaired) electrons. The van der Waals surface area contributed by atoms with Crippen LogP contribution < -0.4 is 5.32 Å². The number of aromatic nitrogens is 3.